The van der Waals surface area contributed by atoms with Gasteiger partial charge in [-0.05, 0) is 48.7 Å². The monoisotopic (exact) mass is 248 g/mol. The summed E-state index contributed by atoms with van der Waals surface area (Å²) in [7, 11) is -1.43. The molecule has 0 spiro atoms. The van der Waals surface area contributed by atoms with E-state index in [9.17, 15) is 0 Å². The van der Waals surface area contributed by atoms with Crippen molar-refractivity contribution in [3.05, 3.63) is 24.3 Å². The van der Waals surface area contributed by atoms with Crippen LogP contribution in [-0.4, -0.2) is 23.3 Å². The lowest BCUT2D eigenvalue weighted by Gasteiger charge is -2.32. The molecule has 1 aliphatic rings. The summed E-state index contributed by atoms with van der Waals surface area (Å²) in [6.07, 6.45) is 3.61. The van der Waals surface area contributed by atoms with E-state index in [-0.39, 0.29) is 6.10 Å². The van der Waals surface area contributed by atoms with Crippen molar-refractivity contribution in [2.45, 2.75) is 39.2 Å². The second-order valence-corrected chi connectivity index (χ2v) is 5.45. The van der Waals surface area contributed by atoms with Gasteiger partial charge < -0.3 is 14.8 Å². The van der Waals surface area contributed by atoms with Gasteiger partial charge in [0.05, 0.1) is 6.10 Å². The van der Waals surface area contributed by atoms with Crippen molar-refractivity contribution in [2.24, 2.45) is 11.8 Å². The summed E-state index contributed by atoms with van der Waals surface area (Å²) in [6, 6.07) is 7.05. The minimum absolute atomic E-state index is 0.252. The zero-order chi connectivity index (χ0) is 13.1. The number of benzene rings is 1. The highest BCUT2D eigenvalue weighted by Crippen LogP contribution is 2.31. The topological polar surface area (TPSA) is 49.7 Å². The molecule has 3 atom stereocenters. The number of hydrogen-bond acceptors (Lipinski definition) is 3. The maximum absolute atomic E-state index is 9.13. The smallest absolute Gasteiger partial charge is 0.488 e. The minimum Gasteiger partial charge on any atom is -0.490 e. The molecule has 3 unspecified atom stereocenters. The van der Waals surface area contributed by atoms with Gasteiger partial charge in [-0.2, -0.15) is 0 Å². The quantitative estimate of drug-likeness (QED) is 0.798. The molecule has 1 aromatic carbocycles. The Hall–Kier alpha value is -0.995. The van der Waals surface area contributed by atoms with E-state index in [0.29, 0.717) is 11.4 Å². The van der Waals surface area contributed by atoms with Crippen molar-refractivity contribution >= 4 is 12.6 Å². The van der Waals surface area contributed by atoms with E-state index >= 15 is 0 Å². The highest BCUT2D eigenvalue weighted by molar-refractivity contribution is 6.58. The summed E-state index contributed by atoms with van der Waals surface area (Å²) in [5, 5.41) is 18.3. The second-order valence-electron chi connectivity index (χ2n) is 5.45. The zero-order valence-electron chi connectivity index (χ0n) is 11.0. The van der Waals surface area contributed by atoms with Crippen molar-refractivity contribution in [1.29, 1.82) is 0 Å². The lowest BCUT2D eigenvalue weighted by molar-refractivity contribution is 0.101. The average molecular weight is 248 g/mol. The Morgan fingerprint density at radius 3 is 2.61 bits per heavy atom. The zero-order valence-corrected chi connectivity index (χ0v) is 11.0. The Balaban J connectivity index is 1.99. The van der Waals surface area contributed by atoms with Crippen LogP contribution in [0.25, 0.3) is 0 Å². The van der Waals surface area contributed by atoms with Gasteiger partial charge in [0.2, 0.25) is 0 Å². The third-order valence-electron chi connectivity index (χ3n) is 4.01. The Kier molecular flexibility index (Phi) is 4.30. The van der Waals surface area contributed by atoms with Gasteiger partial charge in [-0.1, -0.05) is 26.0 Å². The van der Waals surface area contributed by atoms with E-state index in [1.807, 2.05) is 6.07 Å². The first-order valence-electron chi connectivity index (χ1n) is 6.69. The Morgan fingerprint density at radius 2 is 1.94 bits per heavy atom. The van der Waals surface area contributed by atoms with Crippen LogP contribution < -0.4 is 10.2 Å². The van der Waals surface area contributed by atoms with Crippen LogP contribution in [0, 0.1) is 11.8 Å². The van der Waals surface area contributed by atoms with Gasteiger partial charge in [-0.25, -0.2) is 0 Å². The summed E-state index contributed by atoms with van der Waals surface area (Å²) < 4.78 is 5.94. The number of hydrogen-bond donors (Lipinski definition) is 2. The van der Waals surface area contributed by atoms with E-state index in [4.69, 9.17) is 14.8 Å². The molecule has 0 bridgehead atoms. The maximum Gasteiger partial charge on any atom is 0.488 e. The van der Waals surface area contributed by atoms with E-state index in [0.717, 1.165) is 24.5 Å². The summed E-state index contributed by atoms with van der Waals surface area (Å²) in [6.45, 7) is 4.57. The number of ether oxygens (including phenoxy) is 1. The van der Waals surface area contributed by atoms with Gasteiger partial charge in [-0.3, -0.25) is 0 Å². The molecule has 0 amide bonds. The predicted molar refractivity (Wildman–Crippen MR) is 72.9 cm³/mol. The van der Waals surface area contributed by atoms with Crippen molar-refractivity contribution < 1.29 is 14.8 Å². The fraction of sp³-hybridized carbons (Fsp3) is 0.571. The highest BCUT2D eigenvalue weighted by atomic mass is 16.5. The van der Waals surface area contributed by atoms with Crippen LogP contribution in [0.5, 0.6) is 5.75 Å². The first kappa shape index (κ1) is 13.4. The molecule has 1 fully saturated rings. The molecule has 0 saturated heterocycles. The fourth-order valence-corrected chi connectivity index (χ4v) is 2.55. The van der Waals surface area contributed by atoms with Gasteiger partial charge in [-0.15, -0.1) is 0 Å². The lowest BCUT2D eigenvalue weighted by Crippen LogP contribution is -2.31. The molecule has 18 heavy (non-hydrogen) atoms. The summed E-state index contributed by atoms with van der Waals surface area (Å²) in [5.74, 6) is 2.19. The minimum atomic E-state index is -1.43. The SMILES string of the molecule is CC1CCC(Oc2cccc(B(O)O)c2)CC1C. The summed E-state index contributed by atoms with van der Waals surface area (Å²) in [5.41, 5.74) is 0.477. The molecular weight excluding hydrogens is 227 g/mol. The van der Waals surface area contributed by atoms with Crippen LogP contribution in [0.1, 0.15) is 33.1 Å². The van der Waals surface area contributed by atoms with Crippen molar-refractivity contribution in [3.63, 3.8) is 0 Å². The second kappa shape index (κ2) is 5.76. The van der Waals surface area contributed by atoms with Crippen LogP contribution >= 0.6 is 0 Å². The molecule has 4 heteroatoms. The Bertz CT molecular complexity index is 394. The highest BCUT2D eigenvalue weighted by Gasteiger charge is 2.25. The van der Waals surface area contributed by atoms with Gasteiger partial charge in [0.25, 0.3) is 0 Å². The molecule has 0 aliphatic heterocycles. The van der Waals surface area contributed by atoms with Gasteiger partial charge in [0.15, 0.2) is 0 Å². The molecule has 0 heterocycles. The standard InChI is InChI=1S/C14H21BO3/c1-10-6-7-14(8-11(10)2)18-13-5-3-4-12(9-13)15(16)17/h3-5,9-11,14,16-17H,6-8H2,1-2H3. The lowest BCUT2D eigenvalue weighted by atomic mass is 9.79. The van der Waals surface area contributed by atoms with Gasteiger partial charge >= 0.3 is 7.12 Å². The molecular formula is C14H21BO3. The normalized spacial score (nSPS) is 27.9. The van der Waals surface area contributed by atoms with Crippen LogP contribution in [0.4, 0.5) is 0 Å². The maximum atomic E-state index is 9.13. The van der Waals surface area contributed by atoms with Gasteiger partial charge in [0, 0.05) is 0 Å². The molecule has 2 rings (SSSR count). The molecule has 1 aliphatic carbocycles. The third-order valence-corrected chi connectivity index (χ3v) is 4.01. The van der Waals surface area contributed by atoms with Crippen LogP contribution in [0.3, 0.4) is 0 Å². The molecule has 1 saturated carbocycles. The molecule has 98 valence electrons. The first-order valence-corrected chi connectivity index (χ1v) is 6.69. The molecule has 0 radical (unpaired) electrons. The summed E-state index contributed by atoms with van der Waals surface area (Å²) in [4.78, 5) is 0. The third kappa shape index (κ3) is 3.27. The molecule has 2 N–H and O–H groups in total. The van der Waals surface area contributed by atoms with E-state index < -0.39 is 7.12 Å². The molecule has 3 nitrogen and oxygen atoms in total. The number of rotatable bonds is 3. The Labute approximate surface area is 109 Å². The van der Waals surface area contributed by atoms with E-state index in [1.165, 1.54) is 6.42 Å². The van der Waals surface area contributed by atoms with Crippen molar-refractivity contribution in [2.75, 3.05) is 0 Å². The van der Waals surface area contributed by atoms with Crippen LogP contribution in [0.15, 0.2) is 24.3 Å². The van der Waals surface area contributed by atoms with E-state index in [2.05, 4.69) is 13.8 Å². The molecule has 0 aromatic heterocycles. The van der Waals surface area contributed by atoms with Crippen molar-refractivity contribution in [3.8, 4) is 5.75 Å². The Morgan fingerprint density at radius 1 is 1.17 bits per heavy atom. The van der Waals surface area contributed by atoms with E-state index in [1.54, 1.807) is 18.2 Å². The van der Waals surface area contributed by atoms with Crippen LogP contribution in [0.2, 0.25) is 0 Å². The fourth-order valence-electron chi connectivity index (χ4n) is 2.55. The predicted octanol–water partition coefficient (Wildman–Crippen LogP) is 1.57. The first-order chi connectivity index (χ1) is 8.56. The van der Waals surface area contributed by atoms with Gasteiger partial charge in [0.1, 0.15) is 5.75 Å². The largest absolute Gasteiger partial charge is 0.490 e. The molecule has 1 aromatic rings. The summed E-state index contributed by atoms with van der Waals surface area (Å²) >= 11 is 0. The average Bonchev–Trinajstić information content (AvgIpc) is 2.34. The van der Waals surface area contributed by atoms with Crippen molar-refractivity contribution in [1.82, 2.24) is 0 Å². The van der Waals surface area contributed by atoms with Crippen LogP contribution in [-0.2, 0) is 0 Å².